The molecule has 0 aliphatic heterocycles. The number of methoxy groups -OCH3 is 2. The molecule has 8 heteroatoms. The average Bonchev–Trinajstić information content (AvgIpc) is 2.67. The Morgan fingerprint density at radius 1 is 1.25 bits per heavy atom. The van der Waals surface area contributed by atoms with E-state index in [1.165, 1.54) is 21.1 Å². The number of hydrogen-bond donors (Lipinski definition) is 0. The van der Waals surface area contributed by atoms with Gasteiger partial charge in [0.05, 0.1) is 16.7 Å². The third kappa shape index (κ3) is 1.73. The van der Waals surface area contributed by atoms with Gasteiger partial charge in [-0.3, -0.25) is 4.79 Å². The number of rotatable bonds is 4. The molecule has 0 aromatic rings. The molecule has 2 aliphatic carbocycles. The molecule has 0 heterocycles. The number of hydrogen-bond acceptors (Lipinski definition) is 4. The Labute approximate surface area is 137 Å². The number of alkyl halides is 2. The first-order valence-corrected chi connectivity index (χ1v) is 7.40. The standard InChI is InChI=1S/C12H14Cl4O4/c1-6(17)20-5-7-4-10(15)8(13)9(14)11(7,16)12(10,18-2)19-3/h7H,4-5H2,1-3H3/t7-,10+,11+/m1/s1. The van der Waals surface area contributed by atoms with Gasteiger partial charge in [0.2, 0.25) is 5.79 Å². The maximum atomic E-state index is 11.0. The summed E-state index contributed by atoms with van der Waals surface area (Å²) < 4.78 is 16.0. The lowest BCUT2D eigenvalue weighted by atomic mass is 9.92. The molecule has 2 rings (SSSR count). The van der Waals surface area contributed by atoms with E-state index in [0.29, 0.717) is 6.42 Å². The molecule has 2 bridgehead atoms. The molecule has 1 fully saturated rings. The van der Waals surface area contributed by atoms with E-state index in [9.17, 15) is 4.79 Å². The van der Waals surface area contributed by atoms with E-state index in [2.05, 4.69) is 0 Å². The zero-order valence-corrected chi connectivity index (χ0v) is 14.2. The molecule has 2 aliphatic rings. The van der Waals surface area contributed by atoms with Crippen LogP contribution in [0.1, 0.15) is 13.3 Å². The second kappa shape index (κ2) is 5.18. The Morgan fingerprint density at radius 3 is 2.20 bits per heavy atom. The minimum absolute atomic E-state index is 0.0577. The van der Waals surface area contributed by atoms with Crippen molar-refractivity contribution in [3.8, 4) is 0 Å². The lowest BCUT2D eigenvalue weighted by molar-refractivity contribution is -0.219. The van der Waals surface area contributed by atoms with E-state index in [4.69, 9.17) is 60.6 Å². The average molecular weight is 364 g/mol. The van der Waals surface area contributed by atoms with Crippen molar-refractivity contribution in [3.63, 3.8) is 0 Å². The van der Waals surface area contributed by atoms with E-state index in [1.54, 1.807) is 0 Å². The molecular formula is C12H14Cl4O4. The summed E-state index contributed by atoms with van der Waals surface area (Å²) in [5.74, 6) is -2.20. The first kappa shape index (κ1) is 16.7. The molecule has 0 spiro atoms. The van der Waals surface area contributed by atoms with Crippen molar-refractivity contribution >= 4 is 52.4 Å². The fourth-order valence-corrected chi connectivity index (χ4v) is 5.23. The van der Waals surface area contributed by atoms with Crippen molar-refractivity contribution in [1.82, 2.24) is 0 Å². The van der Waals surface area contributed by atoms with Crippen molar-refractivity contribution in [1.29, 1.82) is 0 Å². The second-order valence-corrected chi connectivity index (χ2v) is 6.87. The van der Waals surface area contributed by atoms with Gasteiger partial charge in [-0.2, -0.15) is 0 Å². The molecule has 0 amide bonds. The first-order valence-electron chi connectivity index (χ1n) is 5.89. The van der Waals surface area contributed by atoms with Crippen LogP contribution in [-0.4, -0.2) is 42.3 Å². The Kier molecular flexibility index (Phi) is 4.32. The van der Waals surface area contributed by atoms with Gasteiger partial charge in [0.25, 0.3) is 0 Å². The summed E-state index contributed by atoms with van der Waals surface area (Å²) in [6.45, 7) is 1.37. The summed E-state index contributed by atoms with van der Waals surface area (Å²) in [7, 11) is 2.84. The van der Waals surface area contributed by atoms with Crippen molar-refractivity contribution in [2.45, 2.75) is 28.9 Å². The SMILES string of the molecule is COC1(OC)[C@@]2(Cl)C(Cl)=C(Cl)[C@@]1(Cl)C[C@@H]2COC(C)=O. The number of esters is 1. The summed E-state index contributed by atoms with van der Waals surface area (Å²) in [6.07, 6.45) is 0.321. The molecule has 4 nitrogen and oxygen atoms in total. The minimum Gasteiger partial charge on any atom is -0.465 e. The topological polar surface area (TPSA) is 44.8 Å². The van der Waals surface area contributed by atoms with Gasteiger partial charge in [-0.05, 0) is 6.42 Å². The summed E-state index contributed by atoms with van der Waals surface area (Å²) >= 11 is 25.8. The van der Waals surface area contributed by atoms with Gasteiger partial charge in [-0.25, -0.2) is 0 Å². The largest absolute Gasteiger partial charge is 0.465 e. The molecule has 114 valence electrons. The molecule has 3 atom stereocenters. The Hall–Kier alpha value is 0.290. The van der Waals surface area contributed by atoms with Crippen molar-refractivity contribution in [2.24, 2.45) is 5.92 Å². The maximum absolute atomic E-state index is 11.0. The quantitative estimate of drug-likeness (QED) is 0.437. The van der Waals surface area contributed by atoms with Gasteiger partial charge in [0.1, 0.15) is 9.75 Å². The smallest absolute Gasteiger partial charge is 0.302 e. The minimum atomic E-state index is -1.41. The van der Waals surface area contributed by atoms with Crippen molar-refractivity contribution < 1.29 is 19.0 Å². The monoisotopic (exact) mass is 362 g/mol. The number of ether oxygens (including phenoxy) is 3. The summed E-state index contributed by atoms with van der Waals surface area (Å²) in [5.41, 5.74) is 0. The maximum Gasteiger partial charge on any atom is 0.302 e. The molecule has 20 heavy (non-hydrogen) atoms. The van der Waals surface area contributed by atoms with E-state index >= 15 is 0 Å². The van der Waals surface area contributed by atoms with E-state index in [0.717, 1.165) is 0 Å². The lowest BCUT2D eigenvalue weighted by Crippen LogP contribution is -2.57. The van der Waals surface area contributed by atoms with Crippen LogP contribution in [0.4, 0.5) is 0 Å². The van der Waals surface area contributed by atoms with Gasteiger partial charge < -0.3 is 14.2 Å². The van der Waals surface area contributed by atoms with Crippen LogP contribution in [0.25, 0.3) is 0 Å². The Balaban J connectivity index is 2.48. The van der Waals surface area contributed by atoms with Crippen LogP contribution in [0.5, 0.6) is 0 Å². The molecular weight excluding hydrogens is 350 g/mol. The van der Waals surface area contributed by atoms with Gasteiger partial charge in [0, 0.05) is 27.1 Å². The summed E-state index contributed by atoms with van der Waals surface area (Å²) in [4.78, 5) is 8.50. The van der Waals surface area contributed by atoms with E-state index < -0.39 is 21.5 Å². The summed E-state index contributed by atoms with van der Waals surface area (Å²) in [5, 5.41) is 0.376. The predicted molar refractivity (Wildman–Crippen MR) is 77.4 cm³/mol. The molecule has 0 N–H and O–H groups in total. The van der Waals surface area contributed by atoms with Gasteiger partial charge in [0.15, 0.2) is 0 Å². The van der Waals surface area contributed by atoms with Crippen molar-refractivity contribution in [3.05, 3.63) is 10.1 Å². The van der Waals surface area contributed by atoms with Gasteiger partial charge in [-0.15, -0.1) is 23.2 Å². The zero-order chi connectivity index (χ0) is 15.3. The second-order valence-electron chi connectivity index (χ2n) is 4.87. The van der Waals surface area contributed by atoms with Gasteiger partial charge in [-0.1, -0.05) is 23.2 Å². The fourth-order valence-electron chi connectivity index (χ4n) is 3.16. The van der Waals surface area contributed by atoms with Crippen LogP contribution < -0.4 is 0 Å². The van der Waals surface area contributed by atoms with Gasteiger partial charge >= 0.3 is 5.97 Å². The summed E-state index contributed by atoms with van der Waals surface area (Å²) in [6, 6.07) is 0. The predicted octanol–water partition coefficient (Wildman–Crippen LogP) is 3.22. The molecule has 0 aromatic heterocycles. The lowest BCUT2D eigenvalue weighted by Gasteiger charge is -2.41. The van der Waals surface area contributed by atoms with Crippen LogP contribution >= 0.6 is 46.4 Å². The Morgan fingerprint density at radius 2 is 1.80 bits per heavy atom. The third-order valence-electron chi connectivity index (χ3n) is 4.01. The van der Waals surface area contributed by atoms with Crippen LogP contribution in [0.2, 0.25) is 0 Å². The zero-order valence-electron chi connectivity index (χ0n) is 11.1. The number of fused-ring (bicyclic) bond motifs is 2. The molecule has 1 saturated carbocycles. The third-order valence-corrected chi connectivity index (χ3v) is 6.64. The van der Waals surface area contributed by atoms with Crippen LogP contribution in [-0.2, 0) is 19.0 Å². The molecule has 0 aromatic carbocycles. The van der Waals surface area contributed by atoms with Crippen LogP contribution in [0.3, 0.4) is 0 Å². The fraction of sp³-hybridized carbons (Fsp3) is 0.750. The normalized spacial score (nSPS) is 38.5. The number of carbonyl (C=O) groups excluding carboxylic acids is 1. The molecule has 0 radical (unpaired) electrons. The van der Waals surface area contributed by atoms with Crippen LogP contribution in [0.15, 0.2) is 10.1 Å². The Bertz CT molecular complexity index is 476. The highest BCUT2D eigenvalue weighted by atomic mass is 35.5. The van der Waals surface area contributed by atoms with E-state index in [-0.39, 0.29) is 22.6 Å². The van der Waals surface area contributed by atoms with E-state index in [1.807, 2.05) is 0 Å². The number of carbonyl (C=O) groups is 1. The van der Waals surface area contributed by atoms with Crippen molar-refractivity contribution in [2.75, 3.05) is 20.8 Å². The highest BCUT2D eigenvalue weighted by molar-refractivity contribution is 6.51. The highest BCUT2D eigenvalue weighted by Crippen LogP contribution is 2.71. The molecule has 0 saturated heterocycles. The first-order chi connectivity index (χ1) is 9.21. The molecule has 0 unspecified atom stereocenters. The highest BCUT2D eigenvalue weighted by Gasteiger charge is 2.80. The van der Waals surface area contributed by atoms with Crippen LogP contribution in [0, 0.1) is 5.92 Å². The number of halogens is 4.